The Morgan fingerprint density at radius 3 is 1.08 bits per heavy atom. The van der Waals surface area contributed by atoms with Gasteiger partial charge in [-0.2, -0.15) is 0 Å². The van der Waals surface area contributed by atoms with E-state index in [9.17, 15) is 38.2 Å². The Morgan fingerprint density at radius 1 is 0.413 bits per heavy atom. The molecule has 7 aromatic rings. The van der Waals surface area contributed by atoms with Crippen molar-refractivity contribution in [3.63, 3.8) is 0 Å². The molecule has 2 aliphatic heterocycles. The molecular formula is C50H54CuN11O9S4-. The van der Waals surface area contributed by atoms with Crippen LogP contribution in [0.1, 0.15) is 80.1 Å². The van der Waals surface area contributed by atoms with E-state index in [1.54, 1.807) is 6.07 Å². The standard InChI is InChI=1S/C50H55N11O9S4.Cu/c1-28(2)10-7-21-51-71(62,63)31-13-17-35-39(24-31)47-56-43(35)54-44-37-19-15-33(73(66,67)53-23-9-12-30(5)6)26-41(37)49(58-44)61-50-42-27-34(74(68,69)70)16-20-38(42)46(59-50)55-45-36-18-14-32(25-40(36)48(57-45)60-47)72(64,65)52-22-8-11-29(3)4;/h13-20,24-30,51-53H,7-12,21-23H2,1-6H3,(H-2,54,55,56,57,58,59,60,61,68,69,70);/q-2;+2/p-1. The van der Waals surface area contributed by atoms with Crippen molar-refractivity contribution in [1.29, 1.82) is 0 Å². The molecule has 0 saturated carbocycles. The zero-order valence-electron chi connectivity index (χ0n) is 41.7. The number of hydrogen-bond donors (Lipinski definition) is 3. The summed E-state index contributed by atoms with van der Waals surface area (Å²) in [7, 11) is -17.2. The van der Waals surface area contributed by atoms with Crippen molar-refractivity contribution in [2.24, 2.45) is 17.8 Å². The largest absolute Gasteiger partial charge is 2.00 e. The molecule has 8 bridgehead atoms. The van der Waals surface area contributed by atoms with E-state index in [0.717, 1.165) is 31.4 Å². The first kappa shape index (κ1) is 55.6. The number of aromatic nitrogens is 8. The van der Waals surface area contributed by atoms with Gasteiger partial charge in [-0.3, -0.25) is 0 Å². The third kappa shape index (κ3) is 12.0. The van der Waals surface area contributed by atoms with Crippen LogP contribution in [0.4, 0.5) is 0 Å². The van der Waals surface area contributed by atoms with Crippen LogP contribution in [0.2, 0.25) is 0 Å². The molecule has 0 unspecified atom stereocenters. The number of nitrogens with zero attached hydrogens (tertiary/aromatic N) is 8. The Hall–Kier alpha value is -5.60. The third-order valence-electron chi connectivity index (χ3n) is 12.6. The van der Waals surface area contributed by atoms with E-state index in [2.05, 4.69) is 28.0 Å². The third-order valence-corrected chi connectivity index (χ3v) is 17.8. The van der Waals surface area contributed by atoms with Crippen molar-refractivity contribution in [2.75, 3.05) is 19.6 Å². The van der Waals surface area contributed by atoms with Gasteiger partial charge in [0, 0.05) is 64.5 Å². The minimum atomic E-state index is -4.99. The van der Waals surface area contributed by atoms with Crippen LogP contribution in [0, 0.1) is 17.8 Å². The van der Waals surface area contributed by atoms with Crippen LogP contribution in [-0.4, -0.2) is 87.8 Å². The summed E-state index contributed by atoms with van der Waals surface area (Å²) in [6.45, 7) is 12.9. The van der Waals surface area contributed by atoms with Crippen LogP contribution in [0.3, 0.4) is 0 Å². The van der Waals surface area contributed by atoms with Crippen LogP contribution in [0.15, 0.2) is 92.4 Å². The molecular weight excluding hydrogens is 1090 g/mol. The molecule has 0 aliphatic carbocycles. The average Bonchev–Trinajstić information content (AvgIpc) is 4.08. The van der Waals surface area contributed by atoms with Gasteiger partial charge in [-0.25, -0.2) is 57.8 Å². The molecule has 20 nitrogen and oxygen atoms in total. The quantitative estimate of drug-likeness (QED) is 0.0410. The molecule has 0 fully saturated rings. The van der Waals surface area contributed by atoms with E-state index in [1.807, 2.05) is 27.7 Å². The maximum atomic E-state index is 13.8. The molecule has 399 valence electrons. The van der Waals surface area contributed by atoms with Crippen molar-refractivity contribution < 1.29 is 55.3 Å². The zero-order chi connectivity index (χ0) is 52.9. The fourth-order valence-electron chi connectivity index (χ4n) is 8.64. The van der Waals surface area contributed by atoms with Gasteiger partial charge in [-0.15, -0.1) is 0 Å². The summed E-state index contributed by atoms with van der Waals surface area (Å²) in [5.41, 5.74) is 0.947. The summed E-state index contributed by atoms with van der Waals surface area (Å²) in [4.78, 5) is 37.7. The molecule has 3 aromatic heterocycles. The van der Waals surface area contributed by atoms with Gasteiger partial charge in [-0.05, 0) is 126 Å². The van der Waals surface area contributed by atoms with Gasteiger partial charge in [0.15, 0.2) is 0 Å². The molecule has 9 rings (SSSR count). The topological polar surface area (TPSA) is 301 Å². The maximum absolute atomic E-state index is 13.8. The van der Waals surface area contributed by atoms with Crippen LogP contribution < -0.4 is 24.1 Å². The summed E-state index contributed by atoms with van der Waals surface area (Å²) in [6, 6.07) is 16.6. The minimum absolute atomic E-state index is 0. The van der Waals surface area contributed by atoms with Gasteiger partial charge in [0.1, 0.15) is 10.1 Å². The van der Waals surface area contributed by atoms with E-state index in [1.165, 1.54) is 54.6 Å². The number of hydrogen-bond acceptors (Lipinski definition) is 15. The van der Waals surface area contributed by atoms with E-state index < -0.39 is 45.1 Å². The summed E-state index contributed by atoms with van der Waals surface area (Å²) in [5.74, 6) is 1.03. The Morgan fingerprint density at radius 2 is 0.720 bits per heavy atom. The summed E-state index contributed by atoms with van der Waals surface area (Å²) < 4.78 is 128. The molecule has 3 N–H and O–H groups in total. The van der Waals surface area contributed by atoms with Crippen LogP contribution in [0.5, 0.6) is 0 Å². The van der Waals surface area contributed by atoms with Crippen molar-refractivity contribution in [3.8, 4) is 45.6 Å². The van der Waals surface area contributed by atoms with E-state index in [-0.39, 0.29) is 125 Å². The second-order valence-corrected chi connectivity index (χ2v) is 26.2. The molecule has 0 amide bonds. The Balaban J connectivity index is 0.00000747. The average molecular weight is 1140 g/mol. The number of fused-ring (bicyclic) bond motifs is 20. The number of nitrogens with one attached hydrogen (secondary N) is 3. The number of sulfonamides is 3. The van der Waals surface area contributed by atoms with Gasteiger partial charge in [0.2, 0.25) is 30.1 Å². The second-order valence-electron chi connectivity index (χ2n) is 19.6. The Kier molecular flexibility index (Phi) is 16.2. The van der Waals surface area contributed by atoms with Crippen LogP contribution >= 0.6 is 0 Å². The summed E-state index contributed by atoms with van der Waals surface area (Å²) >= 11 is 0. The summed E-state index contributed by atoms with van der Waals surface area (Å²) in [5, 5.41) is 0.924. The fourth-order valence-corrected chi connectivity index (χ4v) is 12.4. The van der Waals surface area contributed by atoms with Gasteiger partial charge < -0.3 is 34.5 Å². The molecule has 0 spiro atoms. The Labute approximate surface area is 446 Å². The smallest absolute Gasteiger partial charge is 0.744 e. The van der Waals surface area contributed by atoms with E-state index in [0.29, 0.717) is 53.5 Å². The normalized spacial score (nSPS) is 13.0. The zero-order valence-corrected chi connectivity index (χ0v) is 45.9. The predicted octanol–water partition coefficient (Wildman–Crippen LogP) is 7.17. The van der Waals surface area contributed by atoms with Crippen molar-refractivity contribution in [3.05, 3.63) is 72.8 Å². The SMILES string of the molecule is CC(C)CCCNS(=O)(=O)c1ccc2c(c1)-c1nc-2nc2[n-]c(nc3nc(nc4[n-]c(n1)c1cc(S(=O)(=O)[O-])ccc41)-c1ccc(S(=O)(=O)NCCCC(C)C)cc1-3)c1cc(S(=O)(=O)NCCCC(C)C)ccc21.[Cu+2]. The van der Waals surface area contributed by atoms with Gasteiger partial charge in [0.05, 0.1) is 42.9 Å². The maximum Gasteiger partial charge on any atom is 2.00 e. The van der Waals surface area contributed by atoms with Gasteiger partial charge >= 0.3 is 17.1 Å². The first-order chi connectivity index (χ1) is 35.0. The van der Waals surface area contributed by atoms with Crippen molar-refractivity contribution in [2.45, 2.75) is 99.6 Å². The first-order valence-corrected chi connectivity index (χ1v) is 30.1. The number of benzene rings is 4. The van der Waals surface area contributed by atoms with Gasteiger partial charge in [-0.1, -0.05) is 65.8 Å². The number of rotatable bonds is 19. The molecule has 25 heteroatoms. The molecule has 75 heavy (non-hydrogen) atoms. The molecule has 5 heterocycles. The summed E-state index contributed by atoms with van der Waals surface area (Å²) in [6.07, 6.45) is 4.27. The molecule has 0 atom stereocenters. The Bertz CT molecular complexity index is 4010. The van der Waals surface area contributed by atoms with Gasteiger partial charge in [0.25, 0.3) is 0 Å². The first-order valence-electron chi connectivity index (χ1n) is 24.2. The van der Waals surface area contributed by atoms with Crippen molar-refractivity contribution in [1.82, 2.24) is 54.0 Å². The molecule has 2 aliphatic rings. The van der Waals surface area contributed by atoms with Crippen LogP contribution in [-0.2, 0) is 57.3 Å². The van der Waals surface area contributed by atoms with Crippen molar-refractivity contribution >= 4 is 84.3 Å². The molecule has 4 aromatic carbocycles. The minimum Gasteiger partial charge on any atom is -0.744 e. The fraction of sp³-hybridized carbons (Fsp3) is 0.360. The molecule has 0 saturated heterocycles. The van der Waals surface area contributed by atoms with E-state index >= 15 is 0 Å². The monoisotopic (exact) mass is 1140 g/mol. The molecule has 1 radical (unpaired) electrons. The van der Waals surface area contributed by atoms with E-state index in [4.69, 9.17) is 39.9 Å². The van der Waals surface area contributed by atoms with Crippen LogP contribution in [0.25, 0.3) is 89.7 Å². The predicted molar refractivity (Wildman–Crippen MR) is 280 cm³/mol. The second kappa shape index (κ2) is 21.8.